The minimum absolute atomic E-state index is 0.495. The molecule has 0 saturated heterocycles. The third kappa shape index (κ3) is 1.44. The molecule has 0 saturated carbocycles. The summed E-state index contributed by atoms with van der Waals surface area (Å²) in [4.78, 5) is 4.00. The Hall–Kier alpha value is -0.610. The van der Waals surface area contributed by atoms with Crippen LogP contribution in [0.4, 0.5) is 0 Å². The van der Waals surface area contributed by atoms with Gasteiger partial charge in [-0.25, -0.2) is 4.98 Å². The van der Waals surface area contributed by atoms with Crippen molar-refractivity contribution in [1.82, 2.24) is 14.8 Å². The smallest absolute Gasteiger partial charge is 0.137 e. The Labute approximate surface area is 88.8 Å². The van der Waals surface area contributed by atoms with Crippen LogP contribution >= 0.6 is 27.5 Å². The largest absolute Gasteiger partial charge is 0.264 e. The van der Waals surface area contributed by atoms with Crippen LogP contribution in [0.15, 0.2) is 16.9 Å². The summed E-state index contributed by atoms with van der Waals surface area (Å²) in [5, 5.41) is 5.77. The standard InChI is InChI=1S/C8H7BrClN3/c1-2-13-6-3-7(10)11-4-5(6)8(9)12-13/h3-4H,2H2,1H3. The number of pyridine rings is 1. The lowest BCUT2D eigenvalue weighted by molar-refractivity contribution is 0.678. The molecule has 0 bridgehead atoms. The molecule has 0 radical (unpaired) electrons. The van der Waals surface area contributed by atoms with Gasteiger partial charge in [0.2, 0.25) is 0 Å². The number of fused-ring (bicyclic) bond motifs is 1. The summed E-state index contributed by atoms with van der Waals surface area (Å²) in [6.07, 6.45) is 1.72. The highest BCUT2D eigenvalue weighted by atomic mass is 79.9. The molecule has 13 heavy (non-hydrogen) atoms. The maximum atomic E-state index is 5.79. The third-order valence-electron chi connectivity index (χ3n) is 1.86. The van der Waals surface area contributed by atoms with Crippen molar-refractivity contribution in [2.24, 2.45) is 0 Å². The molecular weight excluding hydrogens is 253 g/mol. The zero-order valence-corrected chi connectivity index (χ0v) is 9.30. The minimum Gasteiger partial charge on any atom is -0.264 e. The van der Waals surface area contributed by atoms with E-state index in [9.17, 15) is 0 Å². The molecule has 0 aromatic carbocycles. The van der Waals surface area contributed by atoms with Crippen LogP contribution in [0.1, 0.15) is 6.92 Å². The molecule has 0 aliphatic heterocycles. The molecule has 2 aromatic rings. The van der Waals surface area contributed by atoms with Crippen molar-refractivity contribution < 1.29 is 0 Å². The van der Waals surface area contributed by atoms with Crippen LogP contribution in [0.2, 0.25) is 5.15 Å². The molecule has 0 spiro atoms. The number of aromatic nitrogens is 3. The van der Waals surface area contributed by atoms with Gasteiger partial charge in [0.25, 0.3) is 0 Å². The van der Waals surface area contributed by atoms with Gasteiger partial charge in [-0.1, -0.05) is 11.6 Å². The van der Waals surface area contributed by atoms with Crippen LogP contribution in [-0.4, -0.2) is 14.8 Å². The van der Waals surface area contributed by atoms with Gasteiger partial charge in [-0.2, -0.15) is 5.10 Å². The Bertz CT molecular complexity index is 452. The molecule has 0 amide bonds. The average Bonchev–Trinajstić information content (AvgIpc) is 2.42. The van der Waals surface area contributed by atoms with E-state index in [1.54, 1.807) is 6.20 Å². The molecule has 0 fully saturated rings. The molecule has 0 aliphatic carbocycles. The topological polar surface area (TPSA) is 30.7 Å². The summed E-state index contributed by atoms with van der Waals surface area (Å²) in [6.45, 7) is 2.86. The van der Waals surface area contributed by atoms with E-state index in [2.05, 4.69) is 26.0 Å². The monoisotopic (exact) mass is 259 g/mol. The number of nitrogens with zero attached hydrogens (tertiary/aromatic N) is 3. The highest BCUT2D eigenvalue weighted by Gasteiger charge is 2.07. The van der Waals surface area contributed by atoms with Gasteiger partial charge < -0.3 is 0 Å². The fourth-order valence-corrected chi connectivity index (χ4v) is 1.90. The second kappa shape index (κ2) is 3.27. The van der Waals surface area contributed by atoms with Crippen LogP contribution in [-0.2, 0) is 6.54 Å². The lowest BCUT2D eigenvalue weighted by Gasteiger charge is -1.96. The molecule has 2 heterocycles. The highest BCUT2D eigenvalue weighted by Crippen LogP contribution is 2.24. The first-order valence-corrected chi connectivity index (χ1v) is 5.07. The van der Waals surface area contributed by atoms with Gasteiger partial charge in [0.15, 0.2) is 0 Å². The van der Waals surface area contributed by atoms with Crippen LogP contribution in [0, 0.1) is 0 Å². The van der Waals surface area contributed by atoms with Crippen molar-refractivity contribution in [3.8, 4) is 0 Å². The van der Waals surface area contributed by atoms with Gasteiger partial charge in [-0.15, -0.1) is 0 Å². The normalized spacial score (nSPS) is 11.0. The summed E-state index contributed by atoms with van der Waals surface area (Å²) in [7, 11) is 0. The SMILES string of the molecule is CCn1nc(Br)c2cnc(Cl)cc21. The zero-order valence-electron chi connectivity index (χ0n) is 6.96. The summed E-state index contributed by atoms with van der Waals surface area (Å²) < 4.78 is 2.70. The van der Waals surface area contributed by atoms with Crippen molar-refractivity contribution >= 4 is 38.4 Å². The number of halogens is 2. The second-order valence-corrected chi connectivity index (χ2v) is 3.77. The van der Waals surface area contributed by atoms with E-state index < -0.39 is 0 Å². The predicted octanol–water partition coefficient (Wildman–Crippen LogP) is 2.87. The van der Waals surface area contributed by atoms with Gasteiger partial charge in [0.05, 0.1) is 10.9 Å². The fourth-order valence-electron chi connectivity index (χ4n) is 1.25. The fraction of sp³-hybridized carbons (Fsp3) is 0.250. The molecule has 2 aromatic heterocycles. The first-order chi connectivity index (χ1) is 6.22. The third-order valence-corrected chi connectivity index (χ3v) is 2.65. The quantitative estimate of drug-likeness (QED) is 0.738. The molecule has 0 aliphatic rings. The van der Waals surface area contributed by atoms with Gasteiger partial charge in [-0.3, -0.25) is 4.68 Å². The Morgan fingerprint density at radius 2 is 2.38 bits per heavy atom. The Morgan fingerprint density at radius 3 is 3.08 bits per heavy atom. The van der Waals surface area contributed by atoms with Crippen molar-refractivity contribution in [2.75, 3.05) is 0 Å². The molecule has 68 valence electrons. The number of hydrogen-bond donors (Lipinski definition) is 0. The lowest BCUT2D eigenvalue weighted by Crippen LogP contribution is -1.95. The molecule has 5 heteroatoms. The molecule has 0 atom stereocenters. The first kappa shape index (κ1) is 8.97. The van der Waals surface area contributed by atoms with Gasteiger partial charge in [0, 0.05) is 18.8 Å². The highest BCUT2D eigenvalue weighted by molar-refractivity contribution is 9.10. The molecule has 3 nitrogen and oxygen atoms in total. The predicted molar refractivity (Wildman–Crippen MR) is 55.9 cm³/mol. The van der Waals surface area contributed by atoms with E-state index in [-0.39, 0.29) is 0 Å². The molecule has 0 unspecified atom stereocenters. The Kier molecular flexibility index (Phi) is 2.26. The second-order valence-electron chi connectivity index (χ2n) is 2.63. The van der Waals surface area contributed by atoms with Gasteiger partial charge in [-0.05, 0) is 22.9 Å². The molecule has 2 rings (SSSR count). The number of rotatable bonds is 1. The van der Waals surface area contributed by atoms with E-state index in [0.29, 0.717) is 5.15 Å². The van der Waals surface area contributed by atoms with E-state index in [1.165, 1.54) is 0 Å². The Balaban J connectivity index is 2.81. The van der Waals surface area contributed by atoms with E-state index in [0.717, 1.165) is 22.1 Å². The molecule has 0 N–H and O–H groups in total. The maximum absolute atomic E-state index is 5.79. The number of aryl methyl sites for hydroxylation is 1. The van der Waals surface area contributed by atoms with Crippen LogP contribution in [0.25, 0.3) is 10.9 Å². The maximum Gasteiger partial charge on any atom is 0.137 e. The summed E-state index contributed by atoms with van der Waals surface area (Å²) in [5.41, 5.74) is 1.01. The van der Waals surface area contributed by atoms with E-state index in [4.69, 9.17) is 11.6 Å². The van der Waals surface area contributed by atoms with E-state index >= 15 is 0 Å². The van der Waals surface area contributed by atoms with Crippen LogP contribution < -0.4 is 0 Å². The van der Waals surface area contributed by atoms with E-state index in [1.807, 2.05) is 17.7 Å². The van der Waals surface area contributed by atoms with Gasteiger partial charge in [0.1, 0.15) is 9.76 Å². The Morgan fingerprint density at radius 1 is 1.62 bits per heavy atom. The van der Waals surface area contributed by atoms with Crippen molar-refractivity contribution in [3.63, 3.8) is 0 Å². The minimum atomic E-state index is 0.495. The van der Waals surface area contributed by atoms with Crippen LogP contribution in [0.5, 0.6) is 0 Å². The summed E-state index contributed by atoms with van der Waals surface area (Å²) >= 11 is 9.16. The lowest BCUT2D eigenvalue weighted by atomic mass is 10.3. The van der Waals surface area contributed by atoms with Crippen LogP contribution in [0.3, 0.4) is 0 Å². The summed E-state index contributed by atoms with van der Waals surface area (Å²) in [5.74, 6) is 0. The average molecular weight is 261 g/mol. The van der Waals surface area contributed by atoms with Crippen molar-refractivity contribution in [1.29, 1.82) is 0 Å². The van der Waals surface area contributed by atoms with Gasteiger partial charge >= 0.3 is 0 Å². The zero-order chi connectivity index (χ0) is 9.42. The number of hydrogen-bond acceptors (Lipinski definition) is 2. The molecular formula is C8H7BrClN3. The summed E-state index contributed by atoms with van der Waals surface area (Å²) in [6, 6.07) is 1.82. The first-order valence-electron chi connectivity index (χ1n) is 3.90. The van der Waals surface area contributed by atoms with Crippen molar-refractivity contribution in [3.05, 3.63) is 22.0 Å². The van der Waals surface area contributed by atoms with Crippen molar-refractivity contribution in [2.45, 2.75) is 13.5 Å².